The van der Waals surface area contributed by atoms with E-state index >= 15 is 0 Å². The topological polar surface area (TPSA) is 358 Å². The number of carboxylic acid groups (broad SMARTS) is 4. The molecule has 0 aromatic heterocycles. The van der Waals surface area contributed by atoms with E-state index in [1.807, 2.05) is 13.0 Å². The average Bonchev–Trinajstić information content (AvgIpc) is 3.51. The average molecular weight is 903 g/mol. The highest BCUT2D eigenvalue weighted by molar-refractivity contribution is 6.01. The van der Waals surface area contributed by atoms with Crippen molar-refractivity contribution in [3.05, 3.63) is 35.4 Å². The van der Waals surface area contributed by atoms with Crippen molar-refractivity contribution in [1.29, 1.82) is 0 Å². The number of benzene rings is 1. The molecule has 2 aliphatic rings. The van der Waals surface area contributed by atoms with Crippen LogP contribution in [0.4, 0.5) is 0 Å². The molecule has 0 unspecified atom stereocenters. The lowest BCUT2D eigenvalue weighted by Gasteiger charge is -2.28. The highest BCUT2D eigenvalue weighted by Crippen LogP contribution is 2.31. The number of hydrogen-bond acceptors (Lipinski definition) is 13. The summed E-state index contributed by atoms with van der Waals surface area (Å²) in [6.07, 6.45) is -3.39. The Morgan fingerprint density at radius 3 is 1.62 bits per heavy atom. The summed E-state index contributed by atoms with van der Waals surface area (Å²) in [5, 5.41) is 50.6. The van der Waals surface area contributed by atoms with Crippen LogP contribution in [0.25, 0.3) is 0 Å². The Balaban J connectivity index is 1.50. The number of carboxylic acids is 4. The first kappa shape index (κ1) is 51.4. The van der Waals surface area contributed by atoms with E-state index in [1.165, 1.54) is 0 Å². The first-order chi connectivity index (χ1) is 30.2. The molecule has 0 spiro atoms. The van der Waals surface area contributed by atoms with Gasteiger partial charge in [0.15, 0.2) is 0 Å². The zero-order valence-corrected chi connectivity index (χ0v) is 35.1. The number of rotatable bonds is 26. The first-order valence-corrected chi connectivity index (χ1v) is 20.7. The number of nitrogens with one attached hydrogen (secondary N) is 5. The van der Waals surface area contributed by atoms with Crippen molar-refractivity contribution in [2.24, 2.45) is 11.8 Å². The molecule has 3 rings (SSSR count). The Hall–Kier alpha value is -6.94. The van der Waals surface area contributed by atoms with Crippen molar-refractivity contribution < 1.29 is 82.8 Å². The van der Waals surface area contributed by atoms with Crippen molar-refractivity contribution in [3.63, 3.8) is 0 Å². The molecule has 4 atom stereocenters. The molecule has 1 aromatic carbocycles. The molecule has 9 N–H and O–H groups in total. The number of carbonyl (C=O) groups excluding carboxylic acids is 8. The van der Waals surface area contributed by atoms with Gasteiger partial charge in [0.1, 0.15) is 6.04 Å². The van der Waals surface area contributed by atoms with Gasteiger partial charge in [0.2, 0.25) is 23.6 Å². The van der Waals surface area contributed by atoms with Crippen molar-refractivity contribution in [3.8, 4) is 0 Å². The van der Waals surface area contributed by atoms with Crippen LogP contribution in [0.3, 0.4) is 0 Å². The van der Waals surface area contributed by atoms with Gasteiger partial charge in [-0.3, -0.25) is 47.9 Å². The molecular weight excluding hydrogens is 848 g/mol. The molecular formula is C41H54N6O17. The number of unbranched alkanes of at least 4 members (excludes halogenated alkanes) is 1. The van der Waals surface area contributed by atoms with E-state index in [9.17, 15) is 78.0 Å². The fourth-order valence-corrected chi connectivity index (χ4v) is 7.21. The van der Waals surface area contributed by atoms with E-state index in [4.69, 9.17) is 4.84 Å². The minimum atomic E-state index is -1.46. The van der Waals surface area contributed by atoms with Gasteiger partial charge >= 0.3 is 29.8 Å². The maximum absolute atomic E-state index is 13.1. The van der Waals surface area contributed by atoms with Crippen LogP contribution in [-0.2, 0) is 57.6 Å². The van der Waals surface area contributed by atoms with Gasteiger partial charge < -0.3 is 51.8 Å². The van der Waals surface area contributed by atoms with E-state index in [2.05, 4.69) is 26.6 Å². The van der Waals surface area contributed by atoms with E-state index in [0.29, 0.717) is 17.0 Å². The monoisotopic (exact) mass is 902 g/mol. The van der Waals surface area contributed by atoms with Gasteiger partial charge in [-0.25, -0.2) is 9.59 Å². The Morgan fingerprint density at radius 1 is 0.656 bits per heavy atom. The third-order valence-corrected chi connectivity index (χ3v) is 10.4. The smallest absolute Gasteiger partial charge is 0.336 e. The van der Waals surface area contributed by atoms with Crippen LogP contribution in [0, 0.1) is 18.8 Å². The second-order valence-corrected chi connectivity index (χ2v) is 15.8. The lowest BCUT2D eigenvalue weighted by atomic mass is 9.81. The van der Waals surface area contributed by atoms with E-state index in [1.54, 1.807) is 18.2 Å². The van der Waals surface area contributed by atoms with Gasteiger partial charge in [0.05, 0.1) is 25.2 Å². The Morgan fingerprint density at radius 2 is 1.14 bits per heavy atom. The van der Waals surface area contributed by atoms with Crippen molar-refractivity contribution in [2.75, 3.05) is 6.54 Å². The quantitative estimate of drug-likeness (QED) is 0.0434. The Labute approximate surface area is 366 Å². The maximum atomic E-state index is 13.1. The van der Waals surface area contributed by atoms with E-state index in [-0.39, 0.29) is 63.8 Å². The van der Waals surface area contributed by atoms with Gasteiger partial charge in [0.25, 0.3) is 17.7 Å². The molecule has 64 heavy (non-hydrogen) atoms. The van der Waals surface area contributed by atoms with Gasteiger partial charge in [-0.15, -0.1) is 5.06 Å². The third-order valence-electron chi connectivity index (χ3n) is 10.4. The molecule has 1 aliphatic heterocycles. The molecule has 1 heterocycles. The molecule has 23 heteroatoms. The summed E-state index contributed by atoms with van der Waals surface area (Å²) in [5.74, 6) is -13.0. The van der Waals surface area contributed by atoms with Crippen molar-refractivity contribution in [1.82, 2.24) is 31.6 Å². The lowest BCUT2D eigenvalue weighted by Crippen LogP contribution is -2.48. The number of amides is 7. The number of imide groups is 1. The molecule has 1 saturated heterocycles. The van der Waals surface area contributed by atoms with E-state index < -0.39 is 140 Å². The number of aliphatic carboxylic acids is 4. The largest absolute Gasteiger partial charge is 0.481 e. The number of aryl methyl sites for hydroxylation is 1. The number of carbonyl (C=O) groups is 12. The summed E-state index contributed by atoms with van der Waals surface area (Å²) in [7, 11) is 0. The molecule has 0 bridgehead atoms. The highest BCUT2D eigenvalue weighted by atomic mass is 16.7. The van der Waals surface area contributed by atoms with Crippen LogP contribution in [0.5, 0.6) is 0 Å². The minimum Gasteiger partial charge on any atom is -0.481 e. The summed E-state index contributed by atoms with van der Waals surface area (Å²) < 4.78 is 0. The number of hydrogen-bond donors (Lipinski definition) is 9. The molecule has 1 saturated carbocycles. The van der Waals surface area contributed by atoms with Gasteiger partial charge in [-0.1, -0.05) is 17.7 Å². The summed E-state index contributed by atoms with van der Waals surface area (Å²) in [5.41, 5.74) is 1.36. The van der Waals surface area contributed by atoms with Crippen LogP contribution < -0.4 is 26.6 Å². The number of nitrogens with zero attached hydrogens (tertiary/aromatic N) is 1. The van der Waals surface area contributed by atoms with Crippen LogP contribution in [0.2, 0.25) is 0 Å². The molecule has 0 radical (unpaired) electrons. The Kier molecular flexibility index (Phi) is 20.3. The third kappa shape index (κ3) is 18.2. The molecule has 1 aliphatic carbocycles. The Bertz CT molecular complexity index is 1930. The van der Waals surface area contributed by atoms with Gasteiger partial charge in [-0.2, -0.15) is 0 Å². The van der Waals surface area contributed by atoms with Gasteiger partial charge in [0, 0.05) is 68.3 Å². The predicted octanol–water partition coefficient (Wildman–Crippen LogP) is -0.0731. The summed E-state index contributed by atoms with van der Waals surface area (Å²) in [6.45, 7) is 2.06. The van der Waals surface area contributed by atoms with Crippen LogP contribution >= 0.6 is 0 Å². The summed E-state index contributed by atoms with van der Waals surface area (Å²) in [4.78, 5) is 152. The van der Waals surface area contributed by atoms with Crippen LogP contribution in [-0.4, -0.2) is 127 Å². The molecule has 7 amide bonds. The summed E-state index contributed by atoms with van der Waals surface area (Å²) in [6, 6.07) is 1.42. The van der Waals surface area contributed by atoms with Crippen molar-refractivity contribution in [2.45, 2.75) is 127 Å². The van der Waals surface area contributed by atoms with E-state index in [0.717, 1.165) is 5.56 Å². The zero-order chi connectivity index (χ0) is 47.5. The first-order valence-electron chi connectivity index (χ1n) is 20.7. The maximum Gasteiger partial charge on any atom is 0.336 e. The fraction of sp³-hybridized carbons (Fsp3) is 0.561. The minimum absolute atomic E-state index is 0.0430. The standard InChI is InChI=1S/C41H54N6O17/c1-22-5-4-6-25(15-22)38(59)42-14-3-2-7-29(40(61)62)46-32(50)17-27(20-36(55)56)44-30(48)16-26(19-35(53)54)43-31(49)18-28(21-37(57)58)45-39(60)23-8-10-24(11-9-23)41(63)64-47-33(51)12-13-34(47)52/h4-6,15,23-24,26-29H,2-3,7-14,16-21H2,1H3,(H,42,59)(H,43,49)(H,44,48)(H,45,60)(H,46,50)(H,53,54)(H,55,56)(H,57,58)(H,61,62)/t23?,24?,26-,27-,28-,29-/m1/s1. The molecule has 350 valence electrons. The normalized spacial score (nSPS) is 17.7. The summed E-state index contributed by atoms with van der Waals surface area (Å²) >= 11 is 0. The number of hydroxylamine groups is 2. The second kappa shape index (κ2) is 25.2. The molecule has 23 nitrogen and oxygen atoms in total. The SMILES string of the molecule is Cc1cccc(C(=O)NCCCC[C@@H](NC(=O)C[C@H](CC(=O)O)NC(=O)C[C@H](CC(=O)O)NC(=O)C[C@H](CC(=O)O)NC(=O)C2CCC(C(=O)ON3C(=O)CCC3=O)CC2)C(=O)O)c1. The zero-order valence-electron chi connectivity index (χ0n) is 35.1. The van der Waals surface area contributed by atoms with Crippen molar-refractivity contribution >= 4 is 71.2 Å². The molecule has 2 fully saturated rings. The second-order valence-electron chi connectivity index (χ2n) is 15.8. The lowest BCUT2D eigenvalue weighted by molar-refractivity contribution is -0.201. The predicted molar refractivity (Wildman–Crippen MR) is 216 cm³/mol. The van der Waals surface area contributed by atoms with Crippen LogP contribution in [0.15, 0.2) is 24.3 Å². The fourth-order valence-electron chi connectivity index (χ4n) is 7.21. The van der Waals surface area contributed by atoms with Gasteiger partial charge in [-0.05, 0) is 64.0 Å². The van der Waals surface area contributed by atoms with Crippen LogP contribution in [0.1, 0.15) is 112 Å². The highest BCUT2D eigenvalue weighted by Gasteiger charge is 2.38. The molecule has 1 aromatic rings.